The van der Waals surface area contributed by atoms with Crippen LogP contribution in [0.2, 0.25) is 0 Å². The Hall–Kier alpha value is -2.02. The fourth-order valence-corrected chi connectivity index (χ4v) is 5.39. The third-order valence-corrected chi connectivity index (χ3v) is 6.94. The molecule has 7 heteroatoms. The minimum Gasteiger partial charge on any atom is -0.480 e. The third-order valence-electron chi connectivity index (χ3n) is 5.76. The normalized spacial score (nSPS) is 30.3. The number of likely N-dealkylation sites (tertiary alicyclic amines) is 1. The van der Waals surface area contributed by atoms with Gasteiger partial charge in [-0.25, -0.2) is 4.79 Å². The fourth-order valence-electron chi connectivity index (χ4n) is 4.46. The van der Waals surface area contributed by atoms with Gasteiger partial charge in [-0.2, -0.15) is 0 Å². The van der Waals surface area contributed by atoms with E-state index < -0.39 is 12.0 Å². The summed E-state index contributed by atoms with van der Waals surface area (Å²) in [6, 6.07) is 4.53. The number of anilines is 1. The largest absolute Gasteiger partial charge is 0.480 e. The van der Waals surface area contributed by atoms with Gasteiger partial charge in [-0.1, -0.05) is 12.8 Å². The number of aliphatic carboxylic acids is 1. The Morgan fingerprint density at radius 2 is 2.04 bits per heavy atom. The summed E-state index contributed by atoms with van der Waals surface area (Å²) < 4.78 is 0. The SMILES string of the molecule is CC1Sc2ccc(C(=O)N3C(C(=O)O)CC4CCCCC43)cc2NC1=O. The van der Waals surface area contributed by atoms with E-state index in [1.807, 2.05) is 13.0 Å². The van der Waals surface area contributed by atoms with Crippen molar-refractivity contribution >= 4 is 35.2 Å². The lowest BCUT2D eigenvalue weighted by Crippen LogP contribution is -2.46. The summed E-state index contributed by atoms with van der Waals surface area (Å²) in [5, 5.41) is 12.3. The van der Waals surface area contributed by atoms with Crippen LogP contribution < -0.4 is 5.32 Å². The van der Waals surface area contributed by atoms with Crippen molar-refractivity contribution in [3.05, 3.63) is 23.8 Å². The lowest BCUT2D eigenvalue weighted by molar-refractivity contribution is -0.141. The molecule has 0 spiro atoms. The van der Waals surface area contributed by atoms with Crippen LogP contribution in [-0.4, -0.2) is 45.1 Å². The van der Waals surface area contributed by atoms with Crippen LogP contribution in [0.15, 0.2) is 23.1 Å². The van der Waals surface area contributed by atoms with Gasteiger partial charge in [0.25, 0.3) is 5.91 Å². The molecule has 4 atom stereocenters. The van der Waals surface area contributed by atoms with Crippen LogP contribution in [-0.2, 0) is 9.59 Å². The van der Waals surface area contributed by atoms with Gasteiger partial charge >= 0.3 is 5.97 Å². The molecular weight excluding hydrogens is 352 g/mol. The maximum atomic E-state index is 13.2. The van der Waals surface area contributed by atoms with Crippen molar-refractivity contribution in [3.8, 4) is 0 Å². The first-order valence-electron chi connectivity index (χ1n) is 9.12. The third kappa shape index (κ3) is 2.88. The number of thioether (sulfide) groups is 1. The van der Waals surface area contributed by atoms with E-state index in [0.29, 0.717) is 17.7 Å². The second-order valence-electron chi connectivity index (χ2n) is 7.37. The minimum absolute atomic E-state index is 0.0115. The average molecular weight is 374 g/mol. The molecule has 1 saturated carbocycles. The van der Waals surface area contributed by atoms with Crippen LogP contribution >= 0.6 is 11.8 Å². The van der Waals surface area contributed by atoms with Crippen LogP contribution in [0.4, 0.5) is 5.69 Å². The second kappa shape index (κ2) is 6.61. The molecule has 0 radical (unpaired) electrons. The van der Waals surface area contributed by atoms with Gasteiger partial charge in [-0.3, -0.25) is 9.59 Å². The van der Waals surface area contributed by atoms with Gasteiger partial charge < -0.3 is 15.3 Å². The van der Waals surface area contributed by atoms with E-state index in [2.05, 4.69) is 5.32 Å². The summed E-state index contributed by atoms with van der Waals surface area (Å²) in [5.74, 6) is -0.970. The molecule has 2 aliphatic heterocycles. The Labute approximate surface area is 156 Å². The molecule has 0 bridgehead atoms. The summed E-state index contributed by atoms with van der Waals surface area (Å²) in [4.78, 5) is 39.4. The first kappa shape index (κ1) is 17.4. The molecule has 4 rings (SSSR count). The Kier molecular flexibility index (Phi) is 4.42. The molecule has 2 N–H and O–H groups in total. The molecule has 2 fully saturated rings. The van der Waals surface area contributed by atoms with Gasteiger partial charge in [-0.15, -0.1) is 11.8 Å². The van der Waals surface area contributed by atoms with Gasteiger partial charge in [0, 0.05) is 16.5 Å². The van der Waals surface area contributed by atoms with Crippen molar-refractivity contribution in [2.75, 3.05) is 5.32 Å². The predicted octanol–water partition coefficient (Wildman–Crippen LogP) is 2.98. The maximum Gasteiger partial charge on any atom is 0.326 e. The number of carboxylic acid groups (broad SMARTS) is 1. The van der Waals surface area contributed by atoms with Crippen molar-refractivity contribution < 1.29 is 19.5 Å². The molecule has 2 heterocycles. The van der Waals surface area contributed by atoms with Crippen molar-refractivity contribution in [2.45, 2.75) is 61.3 Å². The average Bonchev–Trinajstić information content (AvgIpc) is 3.01. The second-order valence-corrected chi connectivity index (χ2v) is 8.76. The topological polar surface area (TPSA) is 86.7 Å². The first-order valence-corrected chi connectivity index (χ1v) is 10.0. The monoisotopic (exact) mass is 374 g/mol. The van der Waals surface area contributed by atoms with Crippen molar-refractivity contribution in [1.29, 1.82) is 0 Å². The van der Waals surface area contributed by atoms with Crippen LogP contribution in [0.1, 0.15) is 49.4 Å². The zero-order valence-corrected chi connectivity index (χ0v) is 15.4. The van der Waals surface area contributed by atoms with E-state index in [9.17, 15) is 19.5 Å². The molecule has 1 aromatic rings. The highest BCUT2D eigenvalue weighted by Crippen LogP contribution is 2.41. The van der Waals surface area contributed by atoms with E-state index >= 15 is 0 Å². The number of hydrogen-bond acceptors (Lipinski definition) is 4. The number of fused-ring (bicyclic) bond motifs is 2. The van der Waals surface area contributed by atoms with Gasteiger partial charge in [0.15, 0.2) is 0 Å². The van der Waals surface area contributed by atoms with E-state index in [-0.39, 0.29) is 29.0 Å². The molecule has 0 aromatic heterocycles. The zero-order chi connectivity index (χ0) is 18.4. The molecular formula is C19H22N2O4S. The van der Waals surface area contributed by atoms with Crippen molar-refractivity contribution in [3.63, 3.8) is 0 Å². The highest BCUT2D eigenvalue weighted by Gasteiger charge is 2.47. The number of amides is 2. The Balaban J connectivity index is 1.65. The molecule has 6 nitrogen and oxygen atoms in total. The summed E-state index contributed by atoms with van der Waals surface area (Å²) in [7, 11) is 0. The minimum atomic E-state index is -0.927. The van der Waals surface area contributed by atoms with Gasteiger partial charge in [-0.05, 0) is 50.3 Å². The lowest BCUT2D eigenvalue weighted by atomic mass is 9.84. The molecule has 4 unspecified atom stereocenters. The van der Waals surface area contributed by atoms with E-state index in [0.717, 1.165) is 30.6 Å². The van der Waals surface area contributed by atoms with E-state index in [4.69, 9.17) is 0 Å². The number of benzene rings is 1. The first-order chi connectivity index (χ1) is 12.5. The maximum absolute atomic E-state index is 13.2. The zero-order valence-electron chi connectivity index (χ0n) is 14.6. The number of carboxylic acids is 1. The standard InChI is InChI=1S/C19H22N2O4S/c1-10-17(22)20-13-8-12(6-7-16(13)26-10)18(23)21-14-5-3-2-4-11(14)9-15(21)19(24)25/h6-8,10-11,14-15H,2-5,9H2,1H3,(H,20,22)(H,24,25). The highest BCUT2D eigenvalue weighted by atomic mass is 32.2. The molecule has 2 amide bonds. The number of rotatable bonds is 2. The highest BCUT2D eigenvalue weighted by molar-refractivity contribution is 8.00. The molecule has 1 aromatic carbocycles. The lowest BCUT2D eigenvalue weighted by Gasteiger charge is -2.33. The van der Waals surface area contributed by atoms with Crippen LogP contribution in [0.5, 0.6) is 0 Å². The van der Waals surface area contributed by atoms with Crippen LogP contribution in [0.3, 0.4) is 0 Å². The predicted molar refractivity (Wildman–Crippen MR) is 98.3 cm³/mol. The number of carbonyl (C=O) groups is 3. The fraction of sp³-hybridized carbons (Fsp3) is 0.526. The summed E-state index contributed by atoms with van der Waals surface area (Å²) in [5.41, 5.74) is 1.08. The number of nitrogens with one attached hydrogen (secondary N) is 1. The molecule has 1 saturated heterocycles. The van der Waals surface area contributed by atoms with Gasteiger partial charge in [0.05, 0.1) is 10.9 Å². The number of hydrogen-bond donors (Lipinski definition) is 2. The van der Waals surface area contributed by atoms with Gasteiger partial charge in [0.2, 0.25) is 5.91 Å². The molecule has 1 aliphatic carbocycles. The van der Waals surface area contributed by atoms with Crippen molar-refractivity contribution in [1.82, 2.24) is 4.90 Å². The summed E-state index contributed by atoms with van der Waals surface area (Å²) in [6.07, 6.45) is 4.55. The molecule has 3 aliphatic rings. The summed E-state index contributed by atoms with van der Waals surface area (Å²) >= 11 is 1.47. The summed E-state index contributed by atoms with van der Waals surface area (Å²) in [6.45, 7) is 1.84. The van der Waals surface area contributed by atoms with Gasteiger partial charge in [0.1, 0.15) is 6.04 Å². The smallest absolute Gasteiger partial charge is 0.326 e. The number of carbonyl (C=O) groups excluding carboxylic acids is 2. The van der Waals surface area contributed by atoms with Crippen molar-refractivity contribution in [2.24, 2.45) is 5.92 Å². The van der Waals surface area contributed by atoms with E-state index in [1.54, 1.807) is 17.0 Å². The van der Waals surface area contributed by atoms with Crippen LogP contribution in [0.25, 0.3) is 0 Å². The van der Waals surface area contributed by atoms with E-state index in [1.165, 1.54) is 11.8 Å². The van der Waals surface area contributed by atoms with Crippen LogP contribution in [0, 0.1) is 5.92 Å². The quantitative estimate of drug-likeness (QED) is 0.831. The Bertz CT molecular complexity index is 781. The Morgan fingerprint density at radius 3 is 2.81 bits per heavy atom. The molecule has 26 heavy (non-hydrogen) atoms. The number of nitrogens with zero attached hydrogens (tertiary/aromatic N) is 1. The molecule has 138 valence electrons. The Morgan fingerprint density at radius 1 is 1.27 bits per heavy atom.